The number of rotatable bonds is 13. The molecule has 1 aliphatic rings. The molecule has 0 saturated heterocycles. The number of methoxy groups -OCH3 is 1. The fourth-order valence-corrected chi connectivity index (χ4v) is 3.48. The molecule has 3 rings (SSSR count). The third kappa shape index (κ3) is 6.53. The first-order valence-corrected chi connectivity index (χ1v) is 11.8. The summed E-state index contributed by atoms with van der Waals surface area (Å²) in [5, 5.41) is 0. The smallest absolute Gasteiger partial charge is 0.363 e. The summed E-state index contributed by atoms with van der Waals surface area (Å²) in [6.45, 7) is 7.64. The lowest BCUT2D eigenvalue weighted by Crippen LogP contribution is -2.06. The summed E-state index contributed by atoms with van der Waals surface area (Å²) in [6.07, 6.45) is 6.20. The summed E-state index contributed by atoms with van der Waals surface area (Å²) in [7, 11) is 1.60. The lowest BCUT2D eigenvalue weighted by molar-refractivity contribution is -0.129. The molecule has 2 aromatic carbocycles. The van der Waals surface area contributed by atoms with E-state index in [2.05, 4.69) is 11.9 Å². The average Bonchev–Trinajstić information content (AvgIpc) is 3.21. The maximum atomic E-state index is 12.5. The molecule has 0 atom stereocenters. The van der Waals surface area contributed by atoms with Gasteiger partial charge in [0, 0.05) is 5.56 Å². The van der Waals surface area contributed by atoms with Crippen molar-refractivity contribution in [3.63, 3.8) is 0 Å². The van der Waals surface area contributed by atoms with Crippen LogP contribution < -0.4 is 18.9 Å². The topological polar surface area (TPSA) is 75.6 Å². The Labute approximate surface area is 201 Å². The number of unbranched alkanes of at least 4 members (excludes halogenated alkanes) is 3. The van der Waals surface area contributed by atoms with Crippen LogP contribution in [-0.4, -0.2) is 38.8 Å². The van der Waals surface area contributed by atoms with Crippen molar-refractivity contribution in [3.8, 4) is 23.0 Å². The number of carbonyl (C=O) groups excluding carboxylic acids is 1. The molecular weight excluding hydrogens is 434 g/mol. The molecule has 0 fully saturated rings. The van der Waals surface area contributed by atoms with Gasteiger partial charge in [-0.15, -0.1) is 0 Å². The van der Waals surface area contributed by atoms with Gasteiger partial charge in [0.1, 0.15) is 0 Å². The summed E-state index contributed by atoms with van der Waals surface area (Å²) < 4.78 is 28.0. The van der Waals surface area contributed by atoms with Crippen molar-refractivity contribution in [2.45, 2.75) is 46.5 Å². The van der Waals surface area contributed by atoms with Gasteiger partial charge < -0.3 is 23.7 Å². The third-order valence-corrected chi connectivity index (χ3v) is 5.16. The monoisotopic (exact) mass is 467 g/mol. The van der Waals surface area contributed by atoms with Crippen LogP contribution in [0.15, 0.2) is 47.1 Å². The van der Waals surface area contributed by atoms with Gasteiger partial charge in [-0.1, -0.05) is 32.3 Å². The molecule has 0 saturated carbocycles. The molecule has 2 aromatic rings. The van der Waals surface area contributed by atoms with Crippen LogP contribution in [0.4, 0.5) is 0 Å². The van der Waals surface area contributed by atoms with Crippen molar-refractivity contribution in [3.05, 3.63) is 53.2 Å². The van der Waals surface area contributed by atoms with Crippen LogP contribution in [0.5, 0.6) is 23.0 Å². The number of ether oxygens (including phenoxy) is 5. The van der Waals surface area contributed by atoms with Gasteiger partial charge in [-0.2, -0.15) is 0 Å². The minimum atomic E-state index is -0.517. The van der Waals surface area contributed by atoms with Gasteiger partial charge in [0.25, 0.3) is 0 Å². The molecule has 0 aliphatic carbocycles. The van der Waals surface area contributed by atoms with E-state index < -0.39 is 5.97 Å². The molecule has 0 amide bonds. The fourth-order valence-electron chi connectivity index (χ4n) is 3.48. The molecule has 0 aromatic heterocycles. The Bertz CT molecular complexity index is 1040. The number of esters is 1. The standard InChI is InChI=1S/C27H33NO6/c1-5-8-9-10-15-33-22-13-11-19(17-24(22)30-4)16-21-27(29)34-26(28-21)20-12-14-23(31-6-2)25(18-20)32-7-3/h11-14,16-18H,5-10,15H2,1-4H3. The van der Waals surface area contributed by atoms with Crippen LogP contribution in [0.3, 0.4) is 0 Å². The number of benzene rings is 2. The Kier molecular flexibility index (Phi) is 9.38. The fraction of sp³-hybridized carbons (Fsp3) is 0.407. The average molecular weight is 468 g/mol. The van der Waals surface area contributed by atoms with Gasteiger partial charge in [-0.25, -0.2) is 9.79 Å². The maximum Gasteiger partial charge on any atom is 0.363 e. The molecule has 0 N–H and O–H groups in total. The van der Waals surface area contributed by atoms with E-state index in [1.807, 2.05) is 32.0 Å². The SMILES string of the molecule is CCCCCCOc1ccc(C=C2N=C(c3ccc(OCC)c(OCC)c3)OC2=O)cc1OC. The molecule has 34 heavy (non-hydrogen) atoms. The second kappa shape index (κ2) is 12.7. The van der Waals surface area contributed by atoms with E-state index in [1.165, 1.54) is 12.8 Å². The summed E-state index contributed by atoms with van der Waals surface area (Å²) in [5.74, 6) is 2.20. The van der Waals surface area contributed by atoms with E-state index in [-0.39, 0.29) is 11.6 Å². The molecule has 0 spiro atoms. The van der Waals surface area contributed by atoms with Crippen molar-refractivity contribution < 1.29 is 28.5 Å². The predicted octanol–water partition coefficient (Wildman–Crippen LogP) is 5.80. The normalized spacial score (nSPS) is 14.1. The van der Waals surface area contributed by atoms with E-state index >= 15 is 0 Å². The maximum absolute atomic E-state index is 12.5. The van der Waals surface area contributed by atoms with Crippen LogP contribution in [0.1, 0.15) is 57.6 Å². The largest absolute Gasteiger partial charge is 0.493 e. The van der Waals surface area contributed by atoms with Crippen LogP contribution in [0.2, 0.25) is 0 Å². The summed E-state index contributed by atoms with van der Waals surface area (Å²) in [6, 6.07) is 10.9. The Hall–Kier alpha value is -3.48. The van der Waals surface area contributed by atoms with Crippen molar-refractivity contribution in [2.24, 2.45) is 4.99 Å². The first-order valence-electron chi connectivity index (χ1n) is 11.8. The molecule has 7 heteroatoms. The van der Waals surface area contributed by atoms with E-state index in [4.69, 9.17) is 23.7 Å². The van der Waals surface area contributed by atoms with Gasteiger partial charge in [-0.3, -0.25) is 0 Å². The van der Waals surface area contributed by atoms with E-state index in [1.54, 1.807) is 31.4 Å². The highest BCUT2D eigenvalue weighted by atomic mass is 16.6. The Morgan fingerprint density at radius 1 is 0.853 bits per heavy atom. The summed E-state index contributed by atoms with van der Waals surface area (Å²) in [4.78, 5) is 16.9. The first kappa shape index (κ1) is 25.1. The van der Waals surface area contributed by atoms with Crippen molar-refractivity contribution >= 4 is 17.9 Å². The number of carbonyl (C=O) groups is 1. The molecule has 0 unspecified atom stereocenters. The lowest BCUT2D eigenvalue weighted by Gasteiger charge is -2.11. The van der Waals surface area contributed by atoms with Gasteiger partial charge in [-0.05, 0) is 62.2 Å². The molecular formula is C27H33NO6. The first-order chi connectivity index (χ1) is 16.6. The van der Waals surface area contributed by atoms with Gasteiger partial charge in [0.15, 0.2) is 28.7 Å². The molecule has 7 nitrogen and oxygen atoms in total. The second-order valence-corrected chi connectivity index (χ2v) is 7.68. The van der Waals surface area contributed by atoms with Crippen molar-refractivity contribution in [2.75, 3.05) is 26.9 Å². The van der Waals surface area contributed by atoms with E-state index in [0.29, 0.717) is 48.4 Å². The zero-order chi connectivity index (χ0) is 24.3. The van der Waals surface area contributed by atoms with E-state index in [9.17, 15) is 4.79 Å². The van der Waals surface area contributed by atoms with Crippen LogP contribution in [0, 0.1) is 0 Å². The highest BCUT2D eigenvalue weighted by Crippen LogP contribution is 2.32. The Morgan fingerprint density at radius 2 is 1.59 bits per heavy atom. The number of hydrogen-bond acceptors (Lipinski definition) is 7. The molecule has 182 valence electrons. The van der Waals surface area contributed by atoms with Gasteiger partial charge in [0.05, 0.1) is 26.9 Å². The molecule has 0 bridgehead atoms. The highest BCUT2D eigenvalue weighted by molar-refractivity contribution is 6.13. The predicted molar refractivity (Wildman–Crippen MR) is 132 cm³/mol. The minimum Gasteiger partial charge on any atom is -0.493 e. The quantitative estimate of drug-likeness (QED) is 0.211. The minimum absolute atomic E-state index is 0.206. The number of cyclic esters (lactones) is 1. The van der Waals surface area contributed by atoms with Gasteiger partial charge in [0.2, 0.25) is 5.90 Å². The number of hydrogen-bond donors (Lipinski definition) is 0. The summed E-state index contributed by atoms with van der Waals surface area (Å²) in [5.41, 5.74) is 1.60. The van der Waals surface area contributed by atoms with E-state index in [0.717, 1.165) is 18.4 Å². The van der Waals surface area contributed by atoms with Crippen LogP contribution in [-0.2, 0) is 9.53 Å². The third-order valence-electron chi connectivity index (χ3n) is 5.16. The molecule has 1 heterocycles. The Morgan fingerprint density at radius 3 is 2.32 bits per heavy atom. The van der Waals surface area contributed by atoms with Crippen molar-refractivity contribution in [1.82, 2.24) is 0 Å². The van der Waals surface area contributed by atoms with Gasteiger partial charge >= 0.3 is 5.97 Å². The number of aliphatic imine (C=N–C) groups is 1. The highest BCUT2D eigenvalue weighted by Gasteiger charge is 2.25. The second-order valence-electron chi connectivity index (χ2n) is 7.68. The summed E-state index contributed by atoms with van der Waals surface area (Å²) >= 11 is 0. The van der Waals surface area contributed by atoms with Crippen molar-refractivity contribution in [1.29, 1.82) is 0 Å². The molecule has 0 radical (unpaired) electrons. The zero-order valence-electron chi connectivity index (χ0n) is 20.4. The lowest BCUT2D eigenvalue weighted by atomic mass is 10.1. The zero-order valence-corrected chi connectivity index (χ0v) is 20.4. The Balaban J connectivity index is 1.78. The molecule has 1 aliphatic heterocycles. The van der Waals surface area contributed by atoms with Crippen LogP contribution in [0.25, 0.3) is 6.08 Å². The number of nitrogens with zero attached hydrogens (tertiary/aromatic N) is 1. The van der Waals surface area contributed by atoms with Crippen LogP contribution >= 0.6 is 0 Å².